The first-order chi connectivity index (χ1) is 17.3. The van der Waals surface area contributed by atoms with E-state index in [9.17, 15) is 9.59 Å². The van der Waals surface area contributed by atoms with Gasteiger partial charge in [-0.1, -0.05) is 36.4 Å². The molecule has 1 N–H and O–H groups in total. The molecule has 1 aromatic heterocycles. The highest BCUT2D eigenvalue weighted by Crippen LogP contribution is 2.28. The van der Waals surface area contributed by atoms with Gasteiger partial charge in [0.05, 0.1) is 11.3 Å². The van der Waals surface area contributed by atoms with Crippen LogP contribution in [0.15, 0.2) is 67.0 Å². The Balaban J connectivity index is 1.49. The zero-order valence-corrected chi connectivity index (χ0v) is 20.3. The molecule has 1 aliphatic heterocycles. The van der Waals surface area contributed by atoms with Crippen LogP contribution in [0.2, 0.25) is 0 Å². The number of amides is 2. The molecule has 1 atom stereocenters. The van der Waals surface area contributed by atoms with Crippen molar-refractivity contribution in [1.29, 1.82) is 0 Å². The van der Waals surface area contributed by atoms with Gasteiger partial charge in [0.25, 0.3) is 5.91 Å². The maximum absolute atomic E-state index is 15.2. The molecule has 0 spiro atoms. The second-order valence-corrected chi connectivity index (χ2v) is 8.80. The number of hydrogen-bond donors (Lipinski definition) is 1. The van der Waals surface area contributed by atoms with Crippen LogP contribution in [-0.2, 0) is 6.54 Å². The number of carboxylic acid groups (broad SMARTS) is 1. The van der Waals surface area contributed by atoms with Crippen LogP contribution >= 0.6 is 0 Å². The van der Waals surface area contributed by atoms with E-state index < -0.39 is 18.0 Å². The minimum Gasteiger partial charge on any atom is -0.486 e. The lowest BCUT2D eigenvalue weighted by atomic mass is 10.1. The van der Waals surface area contributed by atoms with Crippen molar-refractivity contribution in [2.45, 2.75) is 19.1 Å². The molecule has 9 heteroatoms. The second-order valence-electron chi connectivity index (χ2n) is 8.80. The molecule has 36 heavy (non-hydrogen) atoms. The van der Waals surface area contributed by atoms with Crippen LogP contribution in [0.1, 0.15) is 34.0 Å². The van der Waals surface area contributed by atoms with E-state index in [1.54, 1.807) is 35.5 Å². The predicted molar refractivity (Wildman–Crippen MR) is 134 cm³/mol. The van der Waals surface area contributed by atoms with Gasteiger partial charge in [0.15, 0.2) is 0 Å². The number of ether oxygens (including phenoxy) is 1. The minimum absolute atomic E-state index is 0.124. The van der Waals surface area contributed by atoms with Gasteiger partial charge in [0, 0.05) is 70.7 Å². The van der Waals surface area contributed by atoms with Crippen LogP contribution in [0, 0.1) is 5.82 Å². The second kappa shape index (κ2) is 11.1. The van der Waals surface area contributed by atoms with Gasteiger partial charge in [0.2, 0.25) is 0 Å². The predicted octanol–water partition coefficient (Wildman–Crippen LogP) is 4.43. The van der Waals surface area contributed by atoms with Gasteiger partial charge in [0.1, 0.15) is 17.7 Å². The van der Waals surface area contributed by atoms with Gasteiger partial charge in [-0.05, 0) is 17.7 Å². The Morgan fingerprint density at radius 1 is 1.19 bits per heavy atom. The molecule has 0 unspecified atom stereocenters. The Kier molecular flexibility index (Phi) is 7.68. The molecule has 0 saturated heterocycles. The highest BCUT2D eigenvalue weighted by atomic mass is 19.1. The van der Waals surface area contributed by atoms with E-state index in [4.69, 9.17) is 9.84 Å². The standard InChI is InChI=1S/C27H29FN4O4/c1-30-14-15-32(26(33)22-17-29-12-10-24(22)30)18-20-8-9-21(16-23(20)28)36-25(11-13-31(2)27(34)35)19-6-4-3-5-7-19/h3-10,12,16-17,25H,11,13-15,18H2,1-2H3,(H,34,35)/t25-/m0/s1. The van der Waals surface area contributed by atoms with E-state index in [1.807, 2.05) is 42.3 Å². The van der Waals surface area contributed by atoms with Crippen molar-refractivity contribution in [3.63, 3.8) is 0 Å². The maximum Gasteiger partial charge on any atom is 0.407 e. The van der Waals surface area contributed by atoms with Crippen molar-refractivity contribution in [3.8, 4) is 5.75 Å². The van der Waals surface area contributed by atoms with E-state index in [-0.39, 0.29) is 19.0 Å². The summed E-state index contributed by atoms with van der Waals surface area (Å²) in [6.45, 7) is 1.46. The summed E-state index contributed by atoms with van der Waals surface area (Å²) < 4.78 is 21.3. The van der Waals surface area contributed by atoms with Crippen LogP contribution in [0.3, 0.4) is 0 Å². The topological polar surface area (TPSA) is 86.2 Å². The van der Waals surface area contributed by atoms with E-state index >= 15 is 4.39 Å². The summed E-state index contributed by atoms with van der Waals surface area (Å²) in [6.07, 6.45) is 2.12. The molecule has 2 amide bonds. The Bertz CT molecular complexity index is 1220. The van der Waals surface area contributed by atoms with Gasteiger partial charge >= 0.3 is 6.09 Å². The van der Waals surface area contributed by atoms with Gasteiger partial charge in [-0.25, -0.2) is 9.18 Å². The van der Waals surface area contributed by atoms with Crippen LogP contribution < -0.4 is 9.64 Å². The summed E-state index contributed by atoms with van der Waals surface area (Å²) in [5, 5.41) is 9.16. The van der Waals surface area contributed by atoms with E-state index in [0.29, 0.717) is 36.4 Å². The first-order valence-electron chi connectivity index (χ1n) is 11.7. The number of fused-ring (bicyclic) bond motifs is 1. The zero-order valence-electron chi connectivity index (χ0n) is 20.3. The van der Waals surface area contributed by atoms with Crippen molar-refractivity contribution >= 4 is 17.7 Å². The summed E-state index contributed by atoms with van der Waals surface area (Å²) in [4.78, 5) is 33.2. The summed E-state index contributed by atoms with van der Waals surface area (Å²) in [7, 11) is 3.41. The molecule has 0 radical (unpaired) electrons. The number of benzene rings is 2. The quantitative estimate of drug-likeness (QED) is 0.501. The molecule has 2 aromatic carbocycles. The third-order valence-corrected chi connectivity index (χ3v) is 6.32. The summed E-state index contributed by atoms with van der Waals surface area (Å²) in [5.41, 5.74) is 2.55. The number of carbonyl (C=O) groups excluding carboxylic acids is 1. The van der Waals surface area contributed by atoms with Crippen molar-refractivity contribution < 1.29 is 23.8 Å². The molecule has 0 aliphatic carbocycles. The lowest BCUT2D eigenvalue weighted by Crippen LogP contribution is -2.33. The van der Waals surface area contributed by atoms with Gasteiger partial charge in [-0.2, -0.15) is 0 Å². The monoisotopic (exact) mass is 492 g/mol. The van der Waals surface area contributed by atoms with Crippen LogP contribution in [0.25, 0.3) is 0 Å². The number of hydrogen-bond acceptors (Lipinski definition) is 5. The maximum atomic E-state index is 15.2. The van der Waals surface area contributed by atoms with E-state index in [0.717, 1.165) is 11.3 Å². The number of halogens is 1. The Morgan fingerprint density at radius 3 is 2.69 bits per heavy atom. The summed E-state index contributed by atoms with van der Waals surface area (Å²) in [6, 6.07) is 15.8. The number of likely N-dealkylation sites (N-methyl/N-ethyl adjacent to an activating group) is 1. The van der Waals surface area contributed by atoms with E-state index in [1.165, 1.54) is 18.0 Å². The fourth-order valence-electron chi connectivity index (χ4n) is 4.17. The summed E-state index contributed by atoms with van der Waals surface area (Å²) >= 11 is 0. The molecule has 0 saturated carbocycles. The molecule has 1 aliphatic rings. The summed E-state index contributed by atoms with van der Waals surface area (Å²) in [5.74, 6) is -0.327. The van der Waals surface area contributed by atoms with Crippen molar-refractivity contribution in [1.82, 2.24) is 14.8 Å². The van der Waals surface area contributed by atoms with Gasteiger partial charge in [-0.3, -0.25) is 9.78 Å². The molecule has 8 nitrogen and oxygen atoms in total. The first-order valence-corrected chi connectivity index (χ1v) is 11.7. The fourth-order valence-corrected chi connectivity index (χ4v) is 4.17. The number of anilines is 1. The third-order valence-electron chi connectivity index (χ3n) is 6.32. The average Bonchev–Trinajstić information content (AvgIpc) is 3.00. The van der Waals surface area contributed by atoms with Crippen molar-refractivity contribution in [2.75, 3.05) is 38.6 Å². The van der Waals surface area contributed by atoms with Crippen LogP contribution in [-0.4, -0.2) is 65.6 Å². The van der Waals surface area contributed by atoms with E-state index in [2.05, 4.69) is 4.98 Å². The smallest absolute Gasteiger partial charge is 0.407 e. The Labute approximate surface area is 209 Å². The molecule has 0 bridgehead atoms. The molecule has 4 rings (SSSR count). The Hall–Kier alpha value is -4.14. The fraction of sp³-hybridized carbons (Fsp3) is 0.296. The molecule has 0 fully saturated rings. The van der Waals surface area contributed by atoms with Crippen molar-refractivity contribution in [2.24, 2.45) is 0 Å². The number of aromatic nitrogens is 1. The largest absolute Gasteiger partial charge is 0.486 e. The third kappa shape index (κ3) is 5.73. The first kappa shape index (κ1) is 25.0. The average molecular weight is 493 g/mol. The lowest BCUT2D eigenvalue weighted by molar-refractivity contribution is 0.0753. The SMILES string of the molecule is CN(CC[C@H](Oc1ccc(CN2CCN(C)c3ccncc3C2=O)c(F)c1)c1ccccc1)C(=O)O. The molecular weight excluding hydrogens is 463 g/mol. The molecular formula is C27H29FN4O4. The van der Waals surface area contributed by atoms with Gasteiger partial charge < -0.3 is 24.5 Å². The zero-order chi connectivity index (χ0) is 25.7. The van der Waals surface area contributed by atoms with Crippen molar-refractivity contribution in [3.05, 3.63) is 89.5 Å². The molecule has 3 aromatic rings. The lowest BCUT2D eigenvalue weighted by Gasteiger charge is -2.23. The highest BCUT2D eigenvalue weighted by Gasteiger charge is 2.26. The number of nitrogens with zero attached hydrogens (tertiary/aromatic N) is 4. The normalized spacial score (nSPS) is 14.1. The number of pyridine rings is 1. The minimum atomic E-state index is -1.02. The van der Waals surface area contributed by atoms with Crippen LogP contribution in [0.4, 0.5) is 14.9 Å². The highest BCUT2D eigenvalue weighted by molar-refractivity contribution is 6.00. The molecule has 2 heterocycles. The molecule has 188 valence electrons. The number of carbonyl (C=O) groups is 2. The number of rotatable bonds is 8. The van der Waals surface area contributed by atoms with Gasteiger partial charge in [-0.15, -0.1) is 0 Å². The van der Waals surface area contributed by atoms with Crippen LogP contribution in [0.5, 0.6) is 5.75 Å². The Morgan fingerprint density at radius 2 is 1.97 bits per heavy atom.